The summed E-state index contributed by atoms with van der Waals surface area (Å²) in [5.41, 5.74) is 8.11. The average molecular weight is 283 g/mol. The zero-order chi connectivity index (χ0) is 13.7. The number of nitrogens with zero attached hydrogens (tertiary/aromatic N) is 1. The Hall–Kier alpha value is -0.770. The smallest absolute Gasteiger partial charge is 0.0749 e. The maximum Gasteiger partial charge on any atom is 0.0749 e. The second-order valence-corrected chi connectivity index (χ2v) is 5.62. The highest BCUT2D eigenvalue weighted by atomic mass is 35.5. The van der Waals surface area contributed by atoms with E-state index >= 15 is 0 Å². The van der Waals surface area contributed by atoms with E-state index in [1.54, 1.807) is 0 Å². The number of hydrogen-bond donors (Lipinski definition) is 1. The van der Waals surface area contributed by atoms with Crippen molar-refractivity contribution < 1.29 is 4.74 Å². The van der Waals surface area contributed by atoms with Gasteiger partial charge in [0.1, 0.15) is 0 Å². The molecule has 0 saturated carbocycles. The molecule has 1 unspecified atom stereocenters. The molecular formula is C15H23ClN2O. The minimum atomic E-state index is 0.347. The summed E-state index contributed by atoms with van der Waals surface area (Å²) in [6, 6.07) is 6.03. The number of benzene rings is 1. The Balaban J connectivity index is 2.06. The third-order valence-electron chi connectivity index (χ3n) is 3.62. The van der Waals surface area contributed by atoms with Gasteiger partial charge in [-0.15, -0.1) is 0 Å². The Morgan fingerprint density at radius 1 is 1.42 bits per heavy atom. The van der Waals surface area contributed by atoms with E-state index in [1.807, 2.05) is 12.1 Å². The summed E-state index contributed by atoms with van der Waals surface area (Å²) in [7, 11) is 2.11. The highest BCUT2D eigenvalue weighted by Crippen LogP contribution is 2.25. The molecule has 0 aromatic heterocycles. The maximum atomic E-state index is 6.07. The fraction of sp³-hybridized carbons (Fsp3) is 0.600. The summed E-state index contributed by atoms with van der Waals surface area (Å²) in [5.74, 6) is 0. The quantitative estimate of drug-likeness (QED) is 0.902. The molecular weight excluding hydrogens is 260 g/mol. The predicted molar refractivity (Wildman–Crippen MR) is 81.1 cm³/mol. The van der Waals surface area contributed by atoms with Crippen LogP contribution in [0.25, 0.3) is 0 Å². The van der Waals surface area contributed by atoms with Gasteiger partial charge in [-0.2, -0.15) is 0 Å². The van der Waals surface area contributed by atoms with Crippen molar-refractivity contribution in [3.8, 4) is 0 Å². The van der Waals surface area contributed by atoms with Gasteiger partial charge in [-0.25, -0.2) is 0 Å². The Kier molecular flexibility index (Phi) is 5.49. The number of rotatable bonds is 5. The van der Waals surface area contributed by atoms with E-state index in [2.05, 4.69) is 18.0 Å². The molecule has 1 heterocycles. The number of hydrogen-bond acceptors (Lipinski definition) is 3. The van der Waals surface area contributed by atoms with E-state index in [0.29, 0.717) is 12.6 Å². The monoisotopic (exact) mass is 282 g/mol. The van der Waals surface area contributed by atoms with Crippen LogP contribution in [0.3, 0.4) is 0 Å². The van der Waals surface area contributed by atoms with Gasteiger partial charge in [0.15, 0.2) is 0 Å². The fourth-order valence-corrected chi connectivity index (χ4v) is 2.83. The first-order valence-corrected chi connectivity index (χ1v) is 7.39. The number of anilines is 1. The lowest BCUT2D eigenvalue weighted by Gasteiger charge is -2.30. The molecule has 2 N–H and O–H groups in total. The Labute approximate surface area is 120 Å². The summed E-state index contributed by atoms with van der Waals surface area (Å²) in [4.78, 5) is 2.26. The van der Waals surface area contributed by atoms with E-state index in [-0.39, 0.29) is 0 Å². The average Bonchev–Trinajstić information content (AvgIpc) is 2.40. The van der Waals surface area contributed by atoms with Gasteiger partial charge in [0.2, 0.25) is 0 Å². The number of ether oxygens (including phenoxy) is 1. The number of likely N-dealkylation sites (N-methyl/N-ethyl adjacent to an activating group) is 1. The van der Waals surface area contributed by atoms with Crippen LogP contribution in [0.15, 0.2) is 18.2 Å². The normalized spacial score (nSPS) is 19.4. The van der Waals surface area contributed by atoms with Crippen molar-refractivity contribution >= 4 is 17.3 Å². The maximum absolute atomic E-state index is 6.07. The van der Waals surface area contributed by atoms with E-state index in [4.69, 9.17) is 22.1 Å². The van der Waals surface area contributed by atoms with Gasteiger partial charge in [0, 0.05) is 30.9 Å². The molecule has 2 rings (SSSR count). The zero-order valence-corrected chi connectivity index (χ0v) is 12.3. The van der Waals surface area contributed by atoms with Crippen LogP contribution in [-0.4, -0.2) is 32.8 Å². The van der Waals surface area contributed by atoms with Crippen molar-refractivity contribution in [2.45, 2.75) is 31.8 Å². The third kappa shape index (κ3) is 4.10. The molecule has 1 aromatic rings. The van der Waals surface area contributed by atoms with E-state index in [1.165, 1.54) is 24.1 Å². The first-order chi connectivity index (χ1) is 9.20. The summed E-state index contributed by atoms with van der Waals surface area (Å²) < 4.78 is 5.80. The highest BCUT2D eigenvalue weighted by molar-refractivity contribution is 6.30. The van der Waals surface area contributed by atoms with Crippen LogP contribution in [0.5, 0.6) is 0 Å². The molecule has 0 amide bonds. The predicted octanol–water partition coefficient (Wildman–Crippen LogP) is 2.85. The van der Waals surface area contributed by atoms with Crippen molar-refractivity contribution in [3.05, 3.63) is 28.8 Å². The van der Waals surface area contributed by atoms with Gasteiger partial charge < -0.3 is 15.4 Å². The van der Waals surface area contributed by atoms with Crippen LogP contribution < -0.4 is 10.6 Å². The molecule has 3 nitrogen and oxygen atoms in total. The number of nitrogens with two attached hydrogens (primary N) is 1. The number of halogens is 1. The minimum Gasteiger partial charge on any atom is -0.376 e. The molecule has 106 valence electrons. The van der Waals surface area contributed by atoms with E-state index in [0.717, 1.165) is 31.0 Å². The van der Waals surface area contributed by atoms with Crippen LogP contribution >= 0.6 is 11.6 Å². The third-order valence-corrected chi connectivity index (χ3v) is 3.85. The fourth-order valence-electron chi connectivity index (χ4n) is 2.64. The minimum absolute atomic E-state index is 0.347. The van der Waals surface area contributed by atoms with Crippen LogP contribution in [0, 0.1) is 0 Å². The Morgan fingerprint density at radius 3 is 2.95 bits per heavy atom. The van der Waals surface area contributed by atoms with Crippen LogP contribution in [0.1, 0.15) is 24.8 Å². The Morgan fingerprint density at radius 2 is 2.26 bits per heavy atom. The molecule has 0 bridgehead atoms. The van der Waals surface area contributed by atoms with Gasteiger partial charge >= 0.3 is 0 Å². The van der Waals surface area contributed by atoms with E-state index in [9.17, 15) is 0 Å². The van der Waals surface area contributed by atoms with Crippen molar-refractivity contribution in [1.82, 2.24) is 0 Å². The van der Waals surface area contributed by atoms with Crippen molar-refractivity contribution in [1.29, 1.82) is 0 Å². The standard InChI is InChI=1S/C15H23ClN2O/c1-18(11-14-4-2-3-9-19-14)15-6-5-13(16)10-12(15)7-8-17/h5-6,10,14H,2-4,7-9,11,17H2,1H3. The van der Waals surface area contributed by atoms with Crippen LogP contribution in [-0.2, 0) is 11.2 Å². The molecule has 1 saturated heterocycles. The molecule has 1 aliphatic heterocycles. The molecule has 19 heavy (non-hydrogen) atoms. The first kappa shape index (κ1) is 14.6. The lowest BCUT2D eigenvalue weighted by Crippen LogP contribution is -2.33. The molecule has 0 spiro atoms. The van der Waals surface area contributed by atoms with Gasteiger partial charge in [0.25, 0.3) is 0 Å². The molecule has 1 atom stereocenters. The first-order valence-electron chi connectivity index (χ1n) is 7.02. The van der Waals surface area contributed by atoms with Gasteiger partial charge in [-0.3, -0.25) is 0 Å². The Bertz CT molecular complexity index is 405. The van der Waals surface area contributed by atoms with Gasteiger partial charge in [-0.1, -0.05) is 11.6 Å². The summed E-state index contributed by atoms with van der Waals surface area (Å²) >= 11 is 6.07. The lowest BCUT2D eigenvalue weighted by atomic mass is 10.1. The molecule has 1 aromatic carbocycles. The molecule has 1 fully saturated rings. The SMILES string of the molecule is CN(CC1CCCCO1)c1ccc(Cl)cc1CCN. The second-order valence-electron chi connectivity index (χ2n) is 5.18. The van der Waals surface area contributed by atoms with Gasteiger partial charge in [-0.05, 0) is 56.0 Å². The molecule has 0 aliphatic carbocycles. The topological polar surface area (TPSA) is 38.5 Å². The zero-order valence-electron chi connectivity index (χ0n) is 11.6. The summed E-state index contributed by atoms with van der Waals surface area (Å²) in [6.07, 6.45) is 4.82. The molecule has 1 aliphatic rings. The van der Waals surface area contributed by atoms with Gasteiger partial charge in [0.05, 0.1) is 6.10 Å². The molecule has 4 heteroatoms. The highest BCUT2D eigenvalue weighted by Gasteiger charge is 2.17. The van der Waals surface area contributed by atoms with Crippen LogP contribution in [0.2, 0.25) is 5.02 Å². The largest absolute Gasteiger partial charge is 0.376 e. The lowest BCUT2D eigenvalue weighted by molar-refractivity contribution is 0.0216. The second kappa shape index (κ2) is 7.13. The summed E-state index contributed by atoms with van der Waals surface area (Å²) in [6.45, 7) is 2.47. The molecule has 0 radical (unpaired) electrons. The van der Waals surface area contributed by atoms with Crippen molar-refractivity contribution in [3.63, 3.8) is 0 Å². The van der Waals surface area contributed by atoms with Crippen molar-refractivity contribution in [2.75, 3.05) is 31.6 Å². The van der Waals surface area contributed by atoms with E-state index < -0.39 is 0 Å². The van der Waals surface area contributed by atoms with Crippen LogP contribution in [0.4, 0.5) is 5.69 Å². The van der Waals surface area contributed by atoms with Crippen molar-refractivity contribution in [2.24, 2.45) is 5.73 Å². The summed E-state index contributed by atoms with van der Waals surface area (Å²) in [5, 5.41) is 0.773.